The van der Waals surface area contributed by atoms with Gasteiger partial charge in [0, 0.05) is 23.9 Å². The summed E-state index contributed by atoms with van der Waals surface area (Å²) in [7, 11) is 0. The van der Waals surface area contributed by atoms with Gasteiger partial charge in [0.15, 0.2) is 11.6 Å². The Morgan fingerprint density at radius 3 is 1.27 bits per heavy atom. The summed E-state index contributed by atoms with van der Waals surface area (Å²) in [4.78, 5) is 24.3. The molecule has 0 unspecified atom stereocenters. The van der Waals surface area contributed by atoms with E-state index in [0.29, 0.717) is 21.4 Å². The Morgan fingerprint density at radius 2 is 1.00 bits per heavy atom. The van der Waals surface area contributed by atoms with E-state index < -0.39 is 0 Å². The minimum Gasteiger partial charge on any atom is -0.291 e. The Hall–Kier alpha value is -2.70. The van der Waals surface area contributed by atoms with E-state index in [1.807, 2.05) is 0 Å². The molecule has 2 aromatic rings. The van der Waals surface area contributed by atoms with E-state index in [1.165, 1.54) is 23.9 Å². The predicted molar refractivity (Wildman–Crippen MR) is 104 cm³/mol. The maximum absolute atomic E-state index is 12.2. The first kappa shape index (κ1) is 18.1. The van der Waals surface area contributed by atoms with Gasteiger partial charge in [0.2, 0.25) is 11.7 Å². The maximum Gasteiger partial charge on any atom is 0.217 e. The number of rotatable bonds is 4. The monoisotopic (exact) mass is 388 g/mol. The molecule has 0 amide bonds. The van der Waals surface area contributed by atoms with Gasteiger partial charge in [-0.25, -0.2) is 10.0 Å². The molecule has 1 aliphatic heterocycles. The van der Waals surface area contributed by atoms with Gasteiger partial charge >= 0.3 is 0 Å². The van der Waals surface area contributed by atoms with Crippen LogP contribution in [0.3, 0.4) is 0 Å². The second-order valence-electron chi connectivity index (χ2n) is 5.54. The highest BCUT2D eigenvalue weighted by atomic mass is 35.5. The summed E-state index contributed by atoms with van der Waals surface area (Å²) >= 11 is 11.8. The quantitative estimate of drug-likeness (QED) is 0.789. The van der Waals surface area contributed by atoms with Gasteiger partial charge in [0.1, 0.15) is 0 Å². The number of nitrogens with zero attached hydrogens (tertiary/aromatic N) is 4. The number of hydrogen-bond acceptors (Lipinski definition) is 6. The fourth-order valence-electron chi connectivity index (χ4n) is 2.33. The van der Waals surface area contributed by atoms with Gasteiger partial charge in [0.05, 0.1) is 11.4 Å². The number of halogens is 2. The van der Waals surface area contributed by atoms with Crippen molar-refractivity contribution in [1.82, 2.24) is 0 Å². The zero-order chi connectivity index (χ0) is 18.8. The molecule has 0 saturated carbocycles. The average Bonchev–Trinajstić information content (AvgIpc) is 2.62. The number of ketones is 2. The van der Waals surface area contributed by atoms with Crippen LogP contribution in [0.15, 0.2) is 58.7 Å². The van der Waals surface area contributed by atoms with Gasteiger partial charge in [-0.3, -0.25) is 9.59 Å². The fourth-order valence-corrected chi connectivity index (χ4v) is 2.58. The van der Waals surface area contributed by atoms with Crippen LogP contribution in [0.25, 0.3) is 0 Å². The highest BCUT2D eigenvalue weighted by Gasteiger charge is 2.30. The first-order valence-corrected chi connectivity index (χ1v) is 8.43. The SMILES string of the molecule is CC(=O)C1=NN(c2ccc(Cl)cc2)C(C(C)=O)=NN1c1ccc(Cl)cc1. The average molecular weight is 389 g/mol. The van der Waals surface area contributed by atoms with Crippen LogP contribution in [0.4, 0.5) is 11.4 Å². The van der Waals surface area contributed by atoms with Gasteiger partial charge in [-0.1, -0.05) is 23.2 Å². The third-order valence-corrected chi connectivity index (χ3v) is 4.07. The molecule has 26 heavy (non-hydrogen) atoms. The van der Waals surface area contributed by atoms with Crippen molar-refractivity contribution in [3.05, 3.63) is 58.6 Å². The Balaban J connectivity index is 2.12. The van der Waals surface area contributed by atoms with Gasteiger partial charge in [-0.2, -0.15) is 0 Å². The molecule has 8 heteroatoms. The minimum absolute atomic E-state index is 0.0762. The normalized spacial score (nSPS) is 14.0. The van der Waals surface area contributed by atoms with Crippen LogP contribution in [0.1, 0.15) is 13.8 Å². The largest absolute Gasteiger partial charge is 0.291 e. The van der Waals surface area contributed by atoms with Gasteiger partial charge in [0.25, 0.3) is 0 Å². The molecule has 0 saturated heterocycles. The number of anilines is 2. The van der Waals surface area contributed by atoms with Crippen molar-refractivity contribution in [1.29, 1.82) is 0 Å². The van der Waals surface area contributed by atoms with Crippen molar-refractivity contribution in [2.45, 2.75) is 13.8 Å². The molecule has 0 radical (unpaired) electrons. The molecule has 0 bridgehead atoms. The molecule has 0 aliphatic carbocycles. The number of hydrogen-bond donors (Lipinski definition) is 0. The van der Waals surface area contributed by atoms with Gasteiger partial charge in [-0.05, 0) is 48.5 Å². The lowest BCUT2D eigenvalue weighted by molar-refractivity contribution is -0.112. The first-order chi connectivity index (χ1) is 12.4. The zero-order valence-corrected chi connectivity index (χ0v) is 15.5. The number of hydrazone groups is 2. The standard InChI is InChI=1S/C18H14Cl2N4O2/c1-11(25)17-21-24(16-9-5-14(20)6-10-16)18(12(2)26)22-23(17)15-7-3-13(19)4-8-15/h3-10H,1-2H3. The predicted octanol–water partition coefficient (Wildman–Crippen LogP) is 4.13. The number of Topliss-reactive ketones (excluding diaryl/α,β-unsaturated/α-hetero) is 2. The van der Waals surface area contributed by atoms with E-state index in [4.69, 9.17) is 23.2 Å². The molecule has 0 aromatic heterocycles. The van der Waals surface area contributed by atoms with Gasteiger partial charge in [-0.15, -0.1) is 10.2 Å². The van der Waals surface area contributed by atoms with Gasteiger partial charge < -0.3 is 0 Å². The summed E-state index contributed by atoms with van der Waals surface area (Å²) in [5, 5.41) is 12.5. The third kappa shape index (κ3) is 3.61. The van der Waals surface area contributed by atoms with Crippen LogP contribution < -0.4 is 10.0 Å². The molecule has 3 rings (SSSR count). The Morgan fingerprint density at radius 1 is 0.692 bits per heavy atom. The van der Waals surface area contributed by atoms with Crippen LogP contribution in [-0.2, 0) is 9.59 Å². The van der Waals surface area contributed by atoms with E-state index in [-0.39, 0.29) is 23.2 Å². The summed E-state index contributed by atoms with van der Waals surface area (Å²) in [5.41, 5.74) is 1.13. The fraction of sp³-hybridized carbons (Fsp3) is 0.111. The molecule has 1 aliphatic rings. The van der Waals surface area contributed by atoms with Crippen molar-refractivity contribution in [2.75, 3.05) is 10.0 Å². The zero-order valence-electron chi connectivity index (χ0n) is 14.0. The molecule has 0 N–H and O–H groups in total. The first-order valence-electron chi connectivity index (χ1n) is 7.67. The highest BCUT2D eigenvalue weighted by Crippen LogP contribution is 2.26. The summed E-state index contributed by atoms with van der Waals surface area (Å²) in [6, 6.07) is 13.5. The van der Waals surface area contributed by atoms with E-state index in [1.54, 1.807) is 48.5 Å². The smallest absolute Gasteiger partial charge is 0.217 e. The third-order valence-electron chi connectivity index (χ3n) is 3.56. The molecular weight excluding hydrogens is 375 g/mol. The second kappa shape index (κ2) is 7.27. The van der Waals surface area contributed by atoms with Crippen LogP contribution in [0.2, 0.25) is 10.0 Å². The second-order valence-corrected chi connectivity index (χ2v) is 6.41. The molecule has 0 fully saturated rings. The lowest BCUT2D eigenvalue weighted by Crippen LogP contribution is -2.45. The molecule has 0 atom stereocenters. The topological polar surface area (TPSA) is 65.3 Å². The lowest BCUT2D eigenvalue weighted by atomic mass is 10.2. The molecule has 1 heterocycles. The summed E-state index contributed by atoms with van der Waals surface area (Å²) in [6.07, 6.45) is 0. The van der Waals surface area contributed by atoms with Crippen LogP contribution >= 0.6 is 23.2 Å². The summed E-state index contributed by atoms with van der Waals surface area (Å²) in [6.45, 7) is 2.77. The van der Waals surface area contributed by atoms with Crippen molar-refractivity contribution in [3.8, 4) is 0 Å². The Labute approximate surface area is 160 Å². The molecule has 6 nitrogen and oxygen atoms in total. The Bertz CT molecular complexity index is 844. The number of carbonyl (C=O) groups is 2. The van der Waals surface area contributed by atoms with Crippen LogP contribution in [-0.4, -0.2) is 23.2 Å². The van der Waals surface area contributed by atoms with Crippen molar-refractivity contribution < 1.29 is 9.59 Å². The van der Waals surface area contributed by atoms with E-state index >= 15 is 0 Å². The van der Waals surface area contributed by atoms with E-state index in [2.05, 4.69) is 10.2 Å². The molecule has 132 valence electrons. The maximum atomic E-state index is 12.2. The van der Waals surface area contributed by atoms with E-state index in [0.717, 1.165) is 0 Å². The van der Waals surface area contributed by atoms with Crippen LogP contribution in [0, 0.1) is 0 Å². The molecule has 2 aromatic carbocycles. The number of amidine groups is 2. The number of benzene rings is 2. The lowest BCUT2D eigenvalue weighted by Gasteiger charge is -2.30. The molecular formula is C18H14Cl2N4O2. The number of carbonyl (C=O) groups excluding carboxylic acids is 2. The highest BCUT2D eigenvalue weighted by molar-refractivity contribution is 6.49. The molecule has 0 spiro atoms. The minimum atomic E-state index is -0.301. The van der Waals surface area contributed by atoms with Crippen molar-refractivity contribution in [3.63, 3.8) is 0 Å². The van der Waals surface area contributed by atoms with E-state index in [9.17, 15) is 9.59 Å². The summed E-state index contributed by atoms with van der Waals surface area (Å²) in [5.74, 6) is -0.449. The van der Waals surface area contributed by atoms with Crippen molar-refractivity contribution in [2.24, 2.45) is 10.2 Å². The van der Waals surface area contributed by atoms with Crippen LogP contribution in [0.5, 0.6) is 0 Å². The summed E-state index contributed by atoms with van der Waals surface area (Å²) < 4.78 is 0. The van der Waals surface area contributed by atoms with Crippen molar-refractivity contribution >= 4 is 57.8 Å². The Kier molecular flexibility index (Phi) is 5.06.